The number of carboxylic acid groups (broad SMARTS) is 1. The van der Waals surface area contributed by atoms with Crippen LogP contribution in [0.2, 0.25) is 0 Å². The van der Waals surface area contributed by atoms with Crippen molar-refractivity contribution in [2.24, 2.45) is 0 Å². The monoisotopic (exact) mass is 176 g/mol. The maximum atomic E-state index is 10.8. The first kappa shape index (κ1) is 9.52. The molecule has 0 saturated carbocycles. The molecule has 0 aliphatic heterocycles. The van der Waals surface area contributed by atoms with Gasteiger partial charge in [0.15, 0.2) is 0 Å². The lowest BCUT2D eigenvalue weighted by Crippen LogP contribution is -2.00. The second-order valence-electron chi connectivity index (χ2n) is 2.82. The smallest absolute Gasteiger partial charge is 0.336 e. The lowest BCUT2D eigenvalue weighted by atomic mass is 10.0. The Morgan fingerprint density at radius 2 is 1.85 bits per heavy atom. The summed E-state index contributed by atoms with van der Waals surface area (Å²) in [6.45, 7) is 3.80. The van der Waals surface area contributed by atoms with Crippen LogP contribution in [0, 0.1) is 0 Å². The molecule has 13 heavy (non-hydrogen) atoms. The molecule has 0 atom stereocenters. The zero-order chi connectivity index (χ0) is 9.84. The molecule has 0 amide bonds. The first-order chi connectivity index (χ1) is 6.16. The van der Waals surface area contributed by atoms with Crippen molar-refractivity contribution in [1.82, 2.24) is 0 Å². The van der Waals surface area contributed by atoms with E-state index in [9.17, 15) is 4.79 Å². The van der Waals surface area contributed by atoms with Gasteiger partial charge in [0.1, 0.15) is 0 Å². The molecule has 0 heterocycles. The fourth-order valence-electron chi connectivity index (χ4n) is 1.17. The number of benzene rings is 1. The quantitative estimate of drug-likeness (QED) is 0.752. The third kappa shape index (κ3) is 1.96. The summed E-state index contributed by atoms with van der Waals surface area (Å²) >= 11 is 0. The molecular formula is C11H12O2. The van der Waals surface area contributed by atoms with Crippen molar-refractivity contribution in [3.05, 3.63) is 41.5 Å². The molecule has 0 aromatic heterocycles. The number of carboxylic acids is 1. The van der Waals surface area contributed by atoms with Gasteiger partial charge in [0.05, 0.1) is 5.56 Å². The van der Waals surface area contributed by atoms with Gasteiger partial charge in [-0.2, -0.15) is 0 Å². The SMILES string of the molecule is C/C=C(\C)c1ccccc1C(=O)O. The number of carbonyl (C=O) groups is 1. The van der Waals surface area contributed by atoms with Gasteiger partial charge in [-0.25, -0.2) is 4.79 Å². The van der Waals surface area contributed by atoms with Gasteiger partial charge in [-0.15, -0.1) is 0 Å². The van der Waals surface area contributed by atoms with Crippen LogP contribution in [0.25, 0.3) is 5.57 Å². The van der Waals surface area contributed by atoms with Gasteiger partial charge >= 0.3 is 5.97 Å². The summed E-state index contributed by atoms with van der Waals surface area (Å²) in [5.41, 5.74) is 2.13. The Kier molecular flexibility index (Phi) is 2.85. The average Bonchev–Trinajstić information content (AvgIpc) is 2.16. The Morgan fingerprint density at radius 3 is 2.31 bits per heavy atom. The van der Waals surface area contributed by atoms with Crippen LogP contribution in [0.1, 0.15) is 29.8 Å². The summed E-state index contributed by atoms with van der Waals surface area (Å²) in [5.74, 6) is -0.878. The van der Waals surface area contributed by atoms with E-state index in [-0.39, 0.29) is 0 Å². The largest absolute Gasteiger partial charge is 0.478 e. The van der Waals surface area contributed by atoms with Gasteiger partial charge in [-0.3, -0.25) is 0 Å². The fraction of sp³-hybridized carbons (Fsp3) is 0.182. The Labute approximate surface area is 77.5 Å². The minimum atomic E-state index is -0.878. The highest BCUT2D eigenvalue weighted by molar-refractivity contribution is 5.93. The van der Waals surface area contributed by atoms with E-state index in [4.69, 9.17) is 5.11 Å². The van der Waals surface area contributed by atoms with Crippen LogP contribution in [0.3, 0.4) is 0 Å². The van der Waals surface area contributed by atoms with Gasteiger partial charge in [0, 0.05) is 0 Å². The maximum Gasteiger partial charge on any atom is 0.336 e. The molecule has 0 unspecified atom stereocenters. The third-order valence-electron chi connectivity index (χ3n) is 2.02. The van der Waals surface area contributed by atoms with Gasteiger partial charge in [0.2, 0.25) is 0 Å². The molecule has 1 N–H and O–H groups in total. The van der Waals surface area contributed by atoms with Crippen LogP contribution in [-0.4, -0.2) is 11.1 Å². The first-order valence-corrected chi connectivity index (χ1v) is 4.12. The molecule has 0 aliphatic rings. The topological polar surface area (TPSA) is 37.3 Å². The maximum absolute atomic E-state index is 10.8. The summed E-state index contributed by atoms with van der Waals surface area (Å²) in [5, 5.41) is 8.88. The summed E-state index contributed by atoms with van der Waals surface area (Å²) < 4.78 is 0. The molecule has 0 fully saturated rings. The highest BCUT2D eigenvalue weighted by atomic mass is 16.4. The minimum Gasteiger partial charge on any atom is -0.478 e. The molecule has 0 radical (unpaired) electrons. The molecule has 0 bridgehead atoms. The number of allylic oxidation sites excluding steroid dienone is 2. The van der Waals surface area contributed by atoms with Crippen molar-refractivity contribution >= 4 is 11.5 Å². The molecule has 0 spiro atoms. The normalized spacial score (nSPS) is 11.4. The minimum absolute atomic E-state index is 0.359. The highest BCUT2D eigenvalue weighted by Gasteiger charge is 2.08. The standard InChI is InChI=1S/C11H12O2/c1-3-8(2)9-6-4-5-7-10(9)11(12)13/h3-7H,1-2H3,(H,12,13)/b8-3+. The Hall–Kier alpha value is -1.57. The zero-order valence-corrected chi connectivity index (χ0v) is 7.74. The van der Waals surface area contributed by atoms with E-state index in [1.165, 1.54) is 0 Å². The zero-order valence-electron chi connectivity index (χ0n) is 7.74. The van der Waals surface area contributed by atoms with E-state index in [1.807, 2.05) is 32.1 Å². The molecule has 1 aromatic rings. The fourth-order valence-corrected chi connectivity index (χ4v) is 1.17. The lowest BCUT2D eigenvalue weighted by Gasteiger charge is -2.04. The van der Waals surface area contributed by atoms with Crippen LogP contribution in [0.4, 0.5) is 0 Å². The molecule has 0 saturated heterocycles. The van der Waals surface area contributed by atoms with E-state index < -0.39 is 5.97 Å². The molecule has 0 aliphatic carbocycles. The summed E-state index contributed by atoms with van der Waals surface area (Å²) in [6, 6.07) is 7.01. The van der Waals surface area contributed by atoms with Gasteiger partial charge < -0.3 is 5.11 Å². The van der Waals surface area contributed by atoms with Crippen molar-refractivity contribution in [3.63, 3.8) is 0 Å². The predicted octanol–water partition coefficient (Wildman–Crippen LogP) is 2.81. The molecule has 68 valence electrons. The van der Waals surface area contributed by atoms with Crippen molar-refractivity contribution in [3.8, 4) is 0 Å². The summed E-state index contributed by atoms with van der Waals surface area (Å²) in [6.07, 6.45) is 1.90. The van der Waals surface area contributed by atoms with E-state index in [1.54, 1.807) is 12.1 Å². The second kappa shape index (κ2) is 3.90. The van der Waals surface area contributed by atoms with Gasteiger partial charge in [0.25, 0.3) is 0 Å². The number of aromatic carboxylic acids is 1. The summed E-state index contributed by atoms with van der Waals surface area (Å²) in [7, 11) is 0. The Balaban J connectivity index is 3.28. The molecular weight excluding hydrogens is 164 g/mol. The predicted molar refractivity (Wildman–Crippen MR) is 52.7 cm³/mol. The molecule has 2 heteroatoms. The van der Waals surface area contributed by atoms with Crippen molar-refractivity contribution in [2.45, 2.75) is 13.8 Å². The van der Waals surface area contributed by atoms with E-state index >= 15 is 0 Å². The summed E-state index contributed by atoms with van der Waals surface area (Å²) in [4.78, 5) is 10.8. The van der Waals surface area contributed by atoms with E-state index in [0.717, 1.165) is 11.1 Å². The van der Waals surface area contributed by atoms with Crippen molar-refractivity contribution < 1.29 is 9.90 Å². The molecule has 1 aromatic carbocycles. The van der Waals surface area contributed by atoms with Crippen LogP contribution in [0.5, 0.6) is 0 Å². The Bertz CT molecular complexity index is 351. The highest BCUT2D eigenvalue weighted by Crippen LogP contribution is 2.18. The van der Waals surface area contributed by atoms with Crippen LogP contribution in [-0.2, 0) is 0 Å². The van der Waals surface area contributed by atoms with E-state index in [0.29, 0.717) is 5.56 Å². The van der Waals surface area contributed by atoms with Crippen molar-refractivity contribution in [2.75, 3.05) is 0 Å². The van der Waals surface area contributed by atoms with Crippen LogP contribution in [0.15, 0.2) is 30.3 Å². The second-order valence-corrected chi connectivity index (χ2v) is 2.82. The van der Waals surface area contributed by atoms with Crippen LogP contribution >= 0.6 is 0 Å². The Morgan fingerprint density at radius 1 is 1.31 bits per heavy atom. The average molecular weight is 176 g/mol. The first-order valence-electron chi connectivity index (χ1n) is 4.12. The van der Waals surface area contributed by atoms with Gasteiger partial charge in [-0.05, 0) is 31.1 Å². The lowest BCUT2D eigenvalue weighted by molar-refractivity contribution is 0.0696. The van der Waals surface area contributed by atoms with Crippen LogP contribution < -0.4 is 0 Å². The number of hydrogen-bond donors (Lipinski definition) is 1. The molecule has 1 rings (SSSR count). The van der Waals surface area contributed by atoms with E-state index in [2.05, 4.69) is 0 Å². The number of rotatable bonds is 2. The third-order valence-corrected chi connectivity index (χ3v) is 2.02. The number of hydrogen-bond acceptors (Lipinski definition) is 1. The molecule has 2 nitrogen and oxygen atoms in total. The van der Waals surface area contributed by atoms with Crippen molar-refractivity contribution in [1.29, 1.82) is 0 Å². The van der Waals surface area contributed by atoms with Gasteiger partial charge in [-0.1, -0.05) is 24.3 Å².